The number of hydrogen-bond donors (Lipinski definition) is 3. The van der Waals surface area contributed by atoms with Crippen LogP contribution in [0.1, 0.15) is 16.8 Å². The molecule has 2 heterocycles. The van der Waals surface area contributed by atoms with Crippen molar-refractivity contribution in [3.05, 3.63) is 35.0 Å². The number of carbonyl (C=O) groups excluding carboxylic acids is 1. The fraction of sp³-hybridized carbons (Fsp3) is 0.231. The summed E-state index contributed by atoms with van der Waals surface area (Å²) >= 11 is 0. The molecule has 0 fully saturated rings. The van der Waals surface area contributed by atoms with Gasteiger partial charge in [-0.15, -0.1) is 0 Å². The summed E-state index contributed by atoms with van der Waals surface area (Å²) in [5, 5.41) is 10.1. The number of amides is 1. The summed E-state index contributed by atoms with van der Waals surface area (Å²) in [7, 11) is 0. The molecule has 5 heteroatoms. The first-order chi connectivity index (χ1) is 8.69. The highest BCUT2D eigenvalue weighted by Gasteiger charge is 2.19. The normalized spacial score (nSPS) is 13.6. The standard InChI is InChI=1S/C13H14N4O/c1-7-10(6-14)13(17-16-7)8-2-3-11-9(4-8)5-12(18)15-11/h2-4H,5-6,14H2,1H3,(H,15,18)(H,16,17). The van der Waals surface area contributed by atoms with Crippen LogP contribution < -0.4 is 11.1 Å². The molecule has 1 aromatic heterocycles. The quantitative estimate of drug-likeness (QED) is 0.743. The second-order valence-electron chi connectivity index (χ2n) is 4.48. The van der Waals surface area contributed by atoms with Gasteiger partial charge in [0.1, 0.15) is 0 Å². The van der Waals surface area contributed by atoms with Crippen LogP contribution in [-0.2, 0) is 17.8 Å². The molecule has 0 saturated heterocycles. The fourth-order valence-electron chi connectivity index (χ4n) is 2.32. The molecule has 1 aromatic carbocycles. The molecule has 0 atom stereocenters. The van der Waals surface area contributed by atoms with Gasteiger partial charge in [-0.25, -0.2) is 0 Å². The molecule has 1 aliphatic rings. The van der Waals surface area contributed by atoms with E-state index in [1.807, 2.05) is 25.1 Å². The number of nitrogens with one attached hydrogen (secondary N) is 2. The van der Waals surface area contributed by atoms with Crippen molar-refractivity contribution in [3.63, 3.8) is 0 Å². The van der Waals surface area contributed by atoms with Crippen LogP contribution in [0.25, 0.3) is 11.3 Å². The lowest BCUT2D eigenvalue weighted by Crippen LogP contribution is -2.03. The smallest absolute Gasteiger partial charge is 0.228 e. The summed E-state index contributed by atoms with van der Waals surface area (Å²) in [5.74, 6) is 0.0411. The fourth-order valence-corrected chi connectivity index (χ4v) is 2.32. The van der Waals surface area contributed by atoms with Crippen LogP contribution in [0.2, 0.25) is 0 Å². The third-order valence-electron chi connectivity index (χ3n) is 3.28. The summed E-state index contributed by atoms with van der Waals surface area (Å²) in [5.41, 5.74) is 11.5. The predicted octanol–water partition coefficient (Wildman–Crippen LogP) is 1.34. The first-order valence-electron chi connectivity index (χ1n) is 5.86. The van der Waals surface area contributed by atoms with Gasteiger partial charge < -0.3 is 11.1 Å². The number of carbonyl (C=O) groups is 1. The molecule has 0 saturated carbocycles. The Kier molecular flexibility index (Phi) is 2.41. The summed E-state index contributed by atoms with van der Waals surface area (Å²) in [6.45, 7) is 2.41. The van der Waals surface area contributed by atoms with Crippen molar-refractivity contribution in [2.45, 2.75) is 19.9 Å². The van der Waals surface area contributed by atoms with Gasteiger partial charge in [-0.1, -0.05) is 6.07 Å². The molecule has 4 N–H and O–H groups in total. The number of H-pyrrole nitrogens is 1. The highest BCUT2D eigenvalue weighted by atomic mass is 16.1. The number of fused-ring (bicyclic) bond motifs is 1. The van der Waals surface area contributed by atoms with Crippen LogP contribution in [0, 0.1) is 6.92 Å². The van der Waals surface area contributed by atoms with Crippen LogP contribution in [0.3, 0.4) is 0 Å². The lowest BCUT2D eigenvalue weighted by molar-refractivity contribution is -0.115. The zero-order valence-corrected chi connectivity index (χ0v) is 10.1. The second-order valence-corrected chi connectivity index (χ2v) is 4.48. The number of aryl methyl sites for hydroxylation is 1. The third kappa shape index (κ3) is 1.60. The lowest BCUT2D eigenvalue weighted by Gasteiger charge is -2.04. The Morgan fingerprint density at radius 2 is 2.28 bits per heavy atom. The van der Waals surface area contributed by atoms with Crippen LogP contribution >= 0.6 is 0 Å². The molecule has 0 unspecified atom stereocenters. The number of hydrogen-bond acceptors (Lipinski definition) is 3. The maximum Gasteiger partial charge on any atom is 0.228 e. The van der Waals surface area contributed by atoms with Gasteiger partial charge in [-0.3, -0.25) is 9.89 Å². The van der Waals surface area contributed by atoms with E-state index in [1.54, 1.807) is 0 Å². The minimum absolute atomic E-state index is 0.0411. The Morgan fingerprint density at radius 3 is 3.06 bits per heavy atom. The largest absolute Gasteiger partial charge is 0.326 e. The Morgan fingerprint density at radius 1 is 1.44 bits per heavy atom. The van der Waals surface area contributed by atoms with Crippen molar-refractivity contribution in [1.29, 1.82) is 0 Å². The first kappa shape index (κ1) is 11.0. The van der Waals surface area contributed by atoms with Crippen LogP contribution in [0.15, 0.2) is 18.2 Å². The Labute approximate surface area is 104 Å². The van der Waals surface area contributed by atoms with Gasteiger partial charge in [0.2, 0.25) is 5.91 Å². The summed E-state index contributed by atoms with van der Waals surface area (Å²) in [4.78, 5) is 11.3. The number of nitrogens with zero attached hydrogens (tertiary/aromatic N) is 1. The highest BCUT2D eigenvalue weighted by Crippen LogP contribution is 2.30. The van der Waals surface area contributed by atoms with Gasteiger partial charge in [0.25, 0.3) is 0 Å². The second kappa shape index (κ2) is 3.96. The molecule has 1 aliphatic heterocycles. The molecule has 3 rings (SSSR count). The molecule has 18 heavy (non-hydrogen) atoms. The van der Waals surface area contributed by atoms with Gasteiger partial charge >= 0.3 is 0 Å². The average molecular weight is 242 g/mol. The van der Waals surface area contributed by atoms with Gasteiger partial charge in [-0.2, -0.15) is 5.10 Å². The van der Waals surface area contributed by atoms with E-state index in [4.69, 9.17) is 5.73 Å². The number of aromatic amines is 1. The Hall–Kier alpha value is -2.14. The zero-order chi connectivity index (χ0) is 12.7. The maximum atomic E-state index is 11.3. The molecule has 92 valence electrons. The minimum atomic E-state index is 0.0411. The van der Waals surface area contributed by atoms with Gasteiger partial charge in [0.15, 0.2) is 0 Å². The predicted molar refractivity (Wildman–Crippen MR) is 69.0 cm³/mol. The van der Waals surface area contributed by atoms with Crippen molar-refractivity contribution in [2.24, 2.45) is 5.73 Å². The Bertz CT molecular complexity index is 630. The molecular weight excluding hydrogens is 228 g/mol. The van der Waals surface area contributed by atoms with E-state index in [-0.39, 0.29) is 5.91 Å². The number of anilines is 1. The van der Waals surface area contributed by atoms with E-state index in [1.165, 1.54) is 0 Å². The minimum Gasteiger partial charge on any atom is -0.326 e. The molecule has 2 aromatic rings. The topological polar surface area (TPSA) is 83.8 Å². The lowest BCUT2D eigenvalue weighted by atomic mass is 10.0. The van der Waals surface area contributed by atoms with Crippen LogP contribution in [0.4, 0.5) is 5.69 Å². The molecule has 0 bridgehead atoms. The molecule has 5 nitrogen and oxygen atoms in total. The van der Waals surface area contributed by atoms with E-state index >= 15 is 0 Å². The van der Waals surface area contributed by atoms with Crippen molar-refractivity contribution in [1.82, 2.24) is 10.2 Å². The Balaban J connectivity index is 2.08. The zero-order valence-electron chi connectivity index (χ0n) is 10.1. The summed E-state index contributed by atoms with van der Waals surface area (Å²) in [6.07, 6.45) is 0.435. The number of benzene rings is 1. The van der Waals surface area contributed by atoms with Gasteiger partial charge in [0.05, 0.1) is 12.1 Å². The number of nitrogens with two attached hydrogens (primary N) is 1. The van der Waals surface area contributed by atoms with Crippen molar-refractivity contribution in [3.8, 4) is 11.3 Å². The summed E-state index contributed by atoms with van der Waals surface area (Å²) < 4.78 is 0. The van der Waals surface area contributed by atoms with Crippen LogP contribution in [-0.4, -0.2) is 16.1 Å². The van der Waals surface area contributed by atoms with E-state index in [9.17, 15) is 4.79 Å². The van der Waals surface area contributed by atoms with E-state index in [0.717, 1.165) is 33.8 Å². The van der Waals surface area contributed by atoms with Crippen LogP contribution in [0.5, 0.6) is 0 Å². The van der Waals surface area contributed by atoms with Crippen molar-refractivity contribution >= 4 is 11.6 Å². The first-order valence-corrected chi connectivity index (χ1v) is 5.86. The molecule has 1 amide bonds. The SMILES string of the molecule is Cc1[nH]nc(-c2ccc3c(c2)CC(=O)N3)c1CN. The van der Waals surface area contributed by atoms with E-state index in [2.05, 4.69) is 15.5 Å². The summed E-state index contributed by atoms with van der Waals surface area (Å²) in [6, 6.07) is 5.88. The molecule has 0 spiro atoms. The van der Waals surface area contributed by atoms with Crippen molar-refractivity contribution in [2.75, 3.05) is 5.32 Å². The monoisotopic (exact) mass is 242 g/mol. The van der Waals surface area contributed by atoms with Crippen molar-refractivity contribution < 1.29 is 4.79 Å². The molecule has 0 aliphatic carbocycles. The molecular formula is C13H14N4O. The number of rotatable bonds is 2. The highest BCUT2D eigenvalue weighted by molar-refractivity contribution is 5.99. The third-order valence-corrected chi connectivity index (χ3v) is 3.28. The van der Waals surface area contributed by atoms with E-state index in [0.29, 0.717) is 13.0 Å². The average Bonchev–Trinajstić information content (AvgIpc) is 2.89. The van der Waals surface area contributed by atoms with Gasteiger partial charge in [-0.05, 0) is 24.6 Å². The van der Waals surface area contributed by atoms with Gasteiger partial charge in [0, 0.05) is 29.1 Å². The molecule has 0 radical (unpaired) electrons. The maximum absolute atomic E-state index is 11.3. The van der Waals surface area contributed by atoms with E-state index < -0.39 is 0 Å². The number of aromatic nitrogens is 2.